The van der Waals surface area contributed by atoms with E-state index in [1.165, 1.54) is 0 Å². The first kappa shape index (κ1) is 47.3. The van der Waals surface area contributed by atoms with Gasteiger partial charge in [-0.05, 0) is 151 Å². The fraction of sp³-hybridized carbons (Fsp3) is 0.576. The van der Waals surface area contributed by atoms with E-state index >= 15 is 4.79 Å². The number of ketones is 1. The molecule has 3 aromatic rings. The number of fused-ring (bicyclic) bond motifs is 10. The Morgan fingerprint density at radius 2 is 1.61 bits per heavy atom. The van der Waals surface area contributed by atoms with Crippen LogP contribution in [0.5, 0.6) is 11.5 Å². The van der Waals surface area contributed by atoms with Gasteiger partial charge in [-0.3, -0.25) is 9.59 Å². The molecule has 11 heteroatoms. The van der Waals surface area contributed by atoms with Crippen LogP contribution in [0.1, 0.15) is 165 Å². The Balaban J connectivity index is 1.17. The lowest BCUT2D eigenvalue weighted by Crippen LogP contribution is -2.66. The van der Waals surface area contributed by atoms with Crippen LogP contribution >= 0.6 is 0 Å². The molecular weight excluding hydrogens is 883 g/mol. The number of nitrogens with one attached hydrogen (secondary N) is 1. The maximum absolute atomic E-state index is 16.0. The van der Waals surface area contributed by atoms with E-state index in [2.05, 4.69) is 35.4 Å². The van der Waals surface area contributed by atoms with Crippen molar-refractivity contribution in [3.05, 3.63) is 98.1 Å². The van der Waals surface area contributed by atoms with E-state index < -0.39 is 47.7 Å². The molecule has 0 amide bonds. The van der Waals surface area contributed by atoms with E-state index in [1.807, 2.05) is 24.3 Å². The highest BCUT2D eigenvalue weighted by Crippen LogP contribution is 2.59. The lowest BCUT2D eigenvalue weighted by Gasteiger charge is -2.59. The monoisotopic (exact) mass is 951 g/mol. The van der Waals surface area contributed by atoms with Crippen molar-refractivity contribution < 1.29 is 49.4 Å². The molecule has 6 N–H and O–H groups in total. The Bertz CT molecular complexity index is 2670. The van der Waals surface area contributed by atoms with E-state index in [-0.39, 0.29) is 91.4 Å². The molecular formula is C59H69NO10. The predicted octanol–water partition coefficient (Wildman–Crippen LogP) is 8.32. The number of ether oxygens (including phenoxy) is 2. The molecule has 70 heavy (non-hydrogen) atoms. The number of anilines is 1. The number of aliphatic hydroxyl groups is 4. The SMILES string of the molecule is CC(O)CNc1cc(CO)cc(C2C#CC3CC(=O)Oc4c3cc(c(O)c4C3CCCCC3)CC3OC(=O)C(=C4CCc5ccc(cc5CC4O)CC4C(=O)CCC5C4CC4CCCCC4C35O)C2)c1. The standard InChI is InChI=1S/C59H69NO10/c1-32(62)30-60-43-21-34(31-61)20-40(23-43)37-13-14-38-29-54(65)70-57-45(38)26-42(56(66)55(57)36-7-3-2-4-8-36)28-53-59(68)49-10-6-5-9-39(49)25-46-47(51(63)18-17-50(46)59)22-33-11-12-35-15-16-44(48(24-37)58(67)69-53)52(64)27-41(35)19-33/h11-12,19-21,23,26,32,36-39,46-47,49-50,52-53,60-62,64,66,68H,2-10,15-18,22,24-25,27-31H2,1H3. The van der Waals surface area contributed by atoms with E-state index in [1.54, 1.807) is 6.92 Å². The third-order valence-electron chi connectivity index (χ3n) is 18.2. The van der Waals surface area contributed by atoms with Gasteiger partial charge in [-0.25, -0.2) is 4.79 Å². The minimum absolute atomic E-state index is 0.00455. The number of rotatable bonds is 6. The molecule has 5 aliphatic carbocycles. The number of aliphatic hydroxyl groups excluding tert-OH is 3. The molecule has 11 bridgehead atoms. The first-order chi connectivity index (χ1) is 33.9. The smallest absolute Gasteiger partial charge is 0.334 e. The van der Waals surface area contributed by atoms with Crippen LogP contribution in [0, 0.1) is 41.4 Å². The van der Waals surface area contributed by atoms with Gasteiger partial charge in [0.1, 0.15) is 29.0 Å². The second-order valence-electron chi connectivity index (χ2n) is 22.5. The highest BCUT2D eigenvalue weighted by Gasteiger charge is 2.62. The number of carbonyl (C=O) groups is 3. The minimum Gasteiger partial charge on any atom is -0.507 e. The fourth-order valence-electron chi connectivity index (χ4n) is 14.9. The maximum atomic E-state index is 16.0. The lowest BCUT2D eigenvalue weighted by molar-refractivity contribution is -0.228. The summed E-state index contributed by atoms with van der Waals surface area (Å²) in [6.07, 6.45) is 8.64. The van der Waals surface area contributed by atoms with Crippen LogP contribution in [0.3, 0.4) is 0 Å². The number of Topliss-reactive ketones (excluding diaryl/α,β-unsaturated/α-hetero) is 1. The number of phenols is 1. The van der Waals surface area contributed by atoms with Gasteiger partial charge in [-0.2, -0.15) is 0 Å². The van der Waals surface area contributed by atoms with Crippen molar-refractivity contribution in [1.29, 1.82) is 0 Å². The van der Waals surface area contributed by atoms with Crippen LogP contribution in [0.4, 0.5) is 5.69 Å². The third-order valence-corrected chi connectivity index (χ3v) is 18.2. The first-order valence-electron chi connectivity index (χ1n) is 26.6. The van der Waals surface area contributed by atoms with E-state index in [9.17, 15) is 35.1 Å². The van der Waals surface area contributed by atoms with Crippen molar-refractivity contribution in [2.24, 2.45) is 29.6 Å². The van der Waals surface area contributed by atoms with Crippen molar-refractivity contribution in [1.82, 2.24) is 0 Å². The summed E-state index contributed by atoms with van der Waals surface area (Å²) in [5.74, 6) is 4.13. The van der Waals surface area contributed by atoms with E-state index in [4.69, 9.17) is 9.47 Å². The molecule has 8 aliphatic rings. The quantitative estimate of drug-likeness (QED) is 0.0794. The van der Waals surface area contributed by atoms with Crippen LogP contribution < -0.4 is 10.1 Å². The second-order valence-corrected chi connectivity index (χ2v) is 22.5. The average molecular weight is 952 g/mol. The van der Waals surface area contributed by atoms with Crippen molar-refractivity contribution >= 4 is 23.4 Å². The van der Waals surface area contributed by atoms with Gasteiger partial charge in [0.15, 0.2) is 0 Å². The van der Waals surface area contributed by atoms with Gasteiger partial charge in [-0.1, -0.05) is 74.6 Å². The van der Waals surface area contributed by atoms with Crippen LogP contribution in [-0.2, 0) is 51.4 Å². The molecule has 11 unspecified atom stereocenters. The zero-order valence-electron chi connectivity index (χ0n) is 40.5. The normalized spacial score (nSPS) is 32.4. The number of aryl methyl sites for hydroxylation is 1. The predicted molar refractivity (Wildman–Crippen MR) is 263 cm³/mol. The molecule has 11 rings (SSSR count). The number of hydrogen-bond donors (Lipinski definition) is 6. The Labute approximate surface area is 411 Å². The van der Waals surface area contributed by atoms with Crippen molar-refractivity contribution in [3.8, 4) is 23.3 Å². The zero-order chi connectivity index (χ0) is 48.4. The van der Waals surface area contributed by atoms with Crippen molar-refractivity contribution in [3.63, 3.8) is 0 Å². The number of esters is 2. The molecule has 0 radical (unpaired) electrons. The molecule has 4 saturated carbocycles. The minimum atomic E-state index is -1.58. The first-order valence-corrected chi connectivity index (χ1v) is 26.6. The van der Waals surface area contributed by atoms with Gasteiger partial charge in [0.2, 0.25) is 0 Å². The lowest BCUT2D eigenvalue weighted by atomic mass is 9.48. The molecule has 11 atom stereocenters. The molecule has 11 nitrogen and oxygen atoms in total. The van der Waals surface area contributed by atoms with Crippen LogP contribution in [0.2, 0.25) is 0 Å². The number of benzene rings is 3. The summed E-state index contributed by atoms with van der Waals surface area (Å²) in [4.78, 5) is 44.1. The van der Waals surface area contributed by atoms with Crippen molar-refractivity contribution in [2.75, 3.05) is 11.9 Å². The summed E-state index contributed by atoms with van der Waals surface area (Å²) >= 11 is 0. The van der Waals surface area contributed by atoms with Crippen LogP contribution in [-0.4, -0.2) is 73.7 Å². The Kier molecular flexibility index (Phi) is 13.0. The van der Waals surface area contributed by atoms with Gasteiger partial charge < -0.3 is 40.3 Å². The number of hydrogen-bond acceptors (Lipinski definition) is 11. The molecule has 3 aromatic carbocycles. The second kappa shape index (κ2) is 19.2. The molecule has 3 aliphatic heterocycles. The third kappa shape index (κ3) is 8.69. The number of aromatic hydroxyl groups is 1. The highest BCUT2D eigenvalue weighted by atomic mass is 16.6. The van der Waals surface area contributed by atoms with Gasteiger partial charge in [0, 0.05) is 60.0 Å². The highest BCUT2D eigenvalue weighted by molar-refractivity contribution is 5.90. The van der Waals surface area contributed by atoms with Gasteiger partial charge in [0.25, 0.3) is 0 Å². The Hall–Kier alpha value is -4.99. The molecule has 0 saturated heterocycles. The molecule has 3 heterocycles. The number of phenolic OH excluding ortho intramolecular Hbond substituents is 1. The molecule has 370 valence electrons. The van der Waals surface area contributed by atoms with Crippen LogP contribution in [0.25, 0.3) is 0 Å². The molecule has 0 spiro atoms. The topological polar surface area (TPSA) is 183 Å². The Morgan fingerprint density at radius 1 is 0.814 bits per heavy atom. The summed E-state index contributed by atoms with van der Waals surface area (Å²) in [6, 6.07) is 13.9. The van der Waals surface area contributed by atoms with Crippen LogP contribution in [0.15, 0.2) is 53.6 Å². The van der Waals surface area contributed by atoms with Gasteiger partial charge in [0.05, 0.1) is 31.2 Å². The zero-order valence-corrected chi connectivity index (χ0v) is 40.5. The molecule has 0 aromatic heterocycles. The summed E-state index contributed by atoms with van der Waals surface area (Å²) in [7, 11) is 0. The van der Waals surface area contributed by atoms with Gasteiger partial charge >= 0.3 is 11.9 Å². The average Bonchev–Trinajstić information content (AvgIpc) is 3.51. The molecule has 4 fully saturated rings. The summed E-state index contributed by atoms with van der Waals surface area (Å²) in [5.41, 5.74) is 6.09. The van der Waals surface area contributed by atoms with Gasteiger partial charge in [-0.15, -0.1) is 0 Å². The van der Waals surface area contributed by atoms with Crippen molar-refractivity contribution in [2.45, 2.75) is 177 Å². The number of carbonyl (C=O) groups excluding carboxylic acids is 3. The van der Waals surface area contributed by atoms with E-state index in [0.29, 0.717) is 76.9 Å². The largest absolute Gasteiger partial charge is 0.507 e. The summed E-state index contributed by atoms with van der Waals surface area (Å²) in [5, 5.41) is 63.7. The summed E-state index contributed by atoms with van der Waals surface area (Å²) in [6.45, 7) is 1.66. The maximum Gasteiger partial charge on any atom is 0.334 e. The van der Waals surface area contributed by atoms with E-state index in [0.717, 1.165) is 80.9 Å². The fourth-order valence-corrected chi connectivity index (χ4v) is 14.9. The Morgan fingerprint density at radius 3 is 2.43 bits per heavy atom. The summed E-state index contributed by atoms with van der Waals surface area (Å²) < 4.78 is 13.3.